The number of nitrogens with one attached hydrogen (secondary N) is 1. The summed E-state index contributed by atoms with van der Waals surface area (Å²) >= 11 is 0. The largest absolute Gasteiger partial charge is 0.505 e. The van der Waals surface area contributed by atoms with E-state index in [9.17, 15) is 9.90 Å². The molecule has 1 amide bonds. The van der Waals surface area contributed by atoms with Crippen LogP contribution in [0.15, 0.2) is 78.1 Å². The smallest absolute Gasteiger partial charge is 0.228 e. The van der Waals surface area contributed by atoms with Gasteiger partial charge in [0.15, 0.2) is 5.75 Å². The van der Waals surface area contributed by atoms with E-state index in [1.165, 1.54) is 12.4 Å². The molecule has 5 rings (SSSR count). The van der Waals surface area contributed by atoms with Crippen molar-refractivity contribution in [2.75, 3.05) is 0 Å². The Bertz CT molecular complexity index is 1240. The Hall–Kier alpha value is -3.80. The highest BCUT2D eigenvalue weighted by molar-refractivity contribution is 6.11. The molecule has 2 heterocycles. The number of aromatic hydroxyl groups is 1. The molecule has 1 aliphatic heterocycles. The van der Waals surface area contributed by atoms with Crippen LogP contribution in [0.25, 0.3) is 5.57 Å². The Morgan fingerprint density at radius 3 is 2.35 bits per heavy atom. The average Bonchev–Trinajstić information content (AvgIpc) is 3.37. The van der Waals surface area contributed by atoms with Crippen LogP contribution in [0.4, 0.5) is 0 Å². The summed E-state index contributed by atoms with van der Waals surface area (Å²) in [6.45, 7) is 2.61. The summed E-state index contributed by atoms with van der Waals surface area (Å²) in [6, 6.07) is 18.8. The molecular weight excluding hydrogens is 460 g/mol. The Morgan fingerprint density at radius 1 is 1.00 bits per heavy atom. The predicted molar refractivity (Wildman–Crippen MR) is 146 cm³/mol. The van der Waals surface area contributed by atoms with E-state index in [1.807, 2.05) is 36.5 Å². The summed E-state index contributed by atoms with van der Waals surface area (Å²) in [5.41, 5.74) is 4.45. The summed E-state index contributed by atoms with van der Waals surface area (Å²) in [6.07, 6.45) is 11.9. The first-order valence-corrected chi connectivity index (χ1v) is 13.2. The second-order valence-electron chi connectivity index (χ2n) is 10.3. The molecule has 2 atom stereocenters. The summed E-state index contributed by atoms with van der Waals surface area (Å²) < 4.78 is 0. The fraction of sp³-hybridized carbons (Fsp3) is 0.355. The van der Waals surface area contributed by atoms with Gasteiger partial charge >= 0.3 is 0 Å². The molecule has 0 spiro atoms. The maximum Gasteiger partial charge on any atom is 0.228 e. The summed E-state index contributed by atoms with van der Waals surface area (Å²) in [5.74, 6) is 1.55. The average molecular weight is 495 g/mol. The van der Waals surface area contributed by atoms with Gasteiger partial charge in [0.25, 0.3) is 0 Å². The zero-order valence-corrected chi connectivity index (χ0v) is 21.3. The number of rotatable bonds is 8. The number of hydrogen-bond donors (Lipinski definition) is 2. The SMILES string of the molecule is CC1C=C(c2ccc(C(C(=O)NCc3ccccc3)C3CCC(Cc4ncc(O)cn4)CC3)cc2)C=N1. The lowest BCUT2D eigenvalue weighted by atomic mass is 9.72. The van der Waals surface area contributed by atoms with Gasteiger partial charge < -0.3 is 10.4 Å². The minimum Gasteiger partial charge on any atom is -0.505 e. The van der Waals surface area contributed by atoms with Gasteiger partial charge in [-0.15, -0.1) is 0 Å². The molecule has 3 aromatic rings. The van der Waals surface area contributed by atoms with Crippen LogP contribution in [-0.4, -0.2) is 33.2 Å². The fourth-order valence-electron chi connectivity index (χ4n) is 5.57. The first kappa shape index (κ1) is 24.9. The molecule has 1 saturated carbocycles. The quantitative estimate of drug-likeness (QED) is 0.434. The maximum absolute atomic E-state index is 13.6. The summed E-state index contributed by atoms with van der Waals surface area (Å²) in [7, 11) is 0. The van der Waals surface area contributed by atoms with Crippen LogP contribution < -0.4 is 5.32 Å². The first-order valence-electron chi connectivity index (χ1n) is 13.2. The van der Waals surface area contributed by atoms with E-state index in [-0.39, 0.29) is 29.5 Å². The van der Waals surface area contributed by atoms with Crippen molar-refractivity contribution in [3.05, 3.63) is 95.6 Å². The monoisotopic (exact) mass is 494 g/mol. The molecule has 6 nitrogen and oxygen atoms in total. The van der Waals surface area contributed by atoms with E-state index >= 15 is 0 Å². The normalized spacial score (nSPS) is 21.9. The number of amides is 1. The third kappa shape index (κ3) is 6.31. The van der Waals surface area contributed by atoms with Crippen molar-refractivity contribution in [3.8, 4) is 5.75 Å². The number of allylic oxidation sites excluding steroid dienone is 1. The van der Waals surface area contributed by atoms with E-state index in [0.29, 0.717) is 12.5 Å². The molecule has 0 radical (unpaired) electrons. The molecule has 6 heteroatoms. The highest BCUT2D eigenvalue weighted by Crippen LogP contribution is 2.39. The highest BCUT2D eigenvalue weighted by Gasteiger charge is 2.33. The number of aromatic nitrogens is 2. The third-order valence-corrected chi connectivity index (χ3v) is 7.59. The third-order valence-electron chi connectivity index (χ3n) is 7.59. The molecule has 2 unspecified atom stereocenters. The van der Waals surface area contributed by atoms with Gasteiger partial charge in [0, 0.05) is 19.2 Å². The van der Waals surface area contributed by atoms with Crippen LogP contribution in [-0.2, 0) is 17.8 Å². The predicted octanol–water partition coefficient (Wildman–Crippen LogP) is 5.49. The lowest BCUT2D eigenvalue weighted by molar-refractivity contribution is -0.124. The van der Waals surface area contributed by atoms with Crippen molar-refractivity contribution < 1.29 is 9.90 Å². The van der Waals surface area contributed by atoms with Gasteiger partial charge in [-0.25, -0.2) is 9.97 Å². The number of benzene rings is 2. The van der Waals surface area contributed by atoms with E-state index < -0.39 is 0 Å². The Kier molecular flexibility index (Phi) is 7.73. The Balaban J connectivity index is 1.29. The van der Waals surface area contributed by atoms with Gasteiger partial charge in [0.2, 0.25) is 5.91 Å². The number of aliphatic imine (C=N–C) groups is 1. The van der Waals surface area contributed by atoms with Gasteiger partial charge in [-0.3, -0.25) is 9.79 Å². The number of carbonyl (C=O) groups is 1. The second kappa shape index (κ2) is 11.5. The van der Waals surface area contributed by atoms with Crippen molar-refractivity contribution >= 4 is 17.7 Å². The van der Waals surface area contributed by atoms with Gasteiger partial charge in [0.1, 0.15) is 5.82 Å². The van der Waals surface area contributed by atoms with Gasteiger partial charge in [-0.05, 0) is 66.7 Å². The minimum atomic E-state index is -0.186. The summed E-state index contributed by atoms with van der Waals surface area (Å²) in [5, 5.41) is 12.7. The first-order chi connectivity index (χ1) is 18.0. The van der Waals surface area contributed by atoms with E-state index in [0.717, 1.165) is 60.2 Å². The van der Waals surface area contributed by atoms with Crippen LogP contribution in [0.1, 0.15) is 61.0 Å². The molecule has 0 saturated heterocycles. The van der Waals surface area contributed by atoms with Crippen LogP contribution in [0.2, 0.25) is 0 Å². The van der Waals surface area contributed by atoms with Crippen molar-refractivity contribution in [2.24, 2.45) is 16.8 Å². The van der Waals surface area contributed by atoms with Crippen LogP contribution in [0, 0.1) is 11.8 Å². The van der Waals surface area contributed by atoms with Crippen LogP contribution >= 0.6 is 0 Å². The van der Waals surface area contributed by atoms with E-state index in [4.69, 9.17) is 0 Å². The van der Waals surface area contributed by atoms with E-state index in [2.05, 4.69) is 57.5 Å². The Morgan fingerprint density at radius 2 is 1.70 bits per heavy atom. The lowest BCUT2D eigenvalue weighted by Gasteiger charge is -2.33. The maximum atomic E-state index is 13.6. The number of carbonyl (C=O) groups excluding carboxylic acids is 1. The summed E-state index contributed by atoms with van der Waals surface area (Å²) in [4.78, 5) is 26.6. The zero-order chi connectivity index (χ0) is 25.6. The fourth-order valence-corrected chi connectivity index (χ4v) is 5.57. The van der Waals surface area contributed by atoms with Gasteiger partial charge in [-0.1, -0.05) is 60.7 Å². The van der Waals surface area contributed by atoms with Gasteiger partial charge in [-0.2, -0.15) is 0 Å². The standard InChI is InChI=1S/C31H34N4O2/c1-21-15-27(18-32-21)24-11-13-26(14-12-24)30(31(37)35-17-23-5-3-2-4-6-23)25-9-7-22(8-10-25)16-29-33-19-28(36)20-34-29/h2-6,11-15,18-22,25,30,36H,7-10,16-17H2,1H3,(H,35,37). The number of hydrogen-bond acceptors (Lipinski definition) is 5. The molecule has 1 aromatic heterocycles. The molecule has 2 N–H and O–H groups in total. The van der Waals surface area contributed by atoms with Crippen molar-refractivity contribution in [1.29, 1.82) is 0 Å². The van der Waals surface area contributed by atoms with Crippen molar-refractivity contribution in [2.45, 2.75) is 57.5 Å². The minimum absolute atomic E-state index is 0.0915. The molecule has 37 heavy (non-hydrogen) atoms. The molecule has 190 valence electrons. The van der Waals surface area contributed by atoms with Crippen LogP contribution in [0.3, 0.4) is 0 Å². The number of nitrogens with zero attached hydrogens (tertiary/aromatic N) is 3. The zero-order valence-electron chi connectivity index (χ0n) is 21.3. The Labute approximate surface area is 218 Å². The van der Waals surface area contributed by atoms with Crippen LogP contribution in [0.5, 0.6) is 5.75 Å². The molecule has 1 fully saturated rings. The van der Waals surface area contributed by atoms with E-state index in [1.54, 1.807) is 0 Å². The van der Waals surface area contributed by atoms with Gasteiger partial charge in [0.05, 0.1) is 24.4 Å². The lowest BCUT2D eigenvalue weighted by Crippen LogP contribution is -2.35. The molecule has 1 aliphatic carbocycles. The van der Waals surface area contributed by atoms with Crippen molar-refractivity contribution in [3.63, 3.8) is 0 Å². The second-order valence-corrected chi connectivity index (χ2v) is 10.3. The van der Waals surface area contributed by atoms with Crippen molar-refractivity contribution in [1.82, 2.24) is 15.3 Å². The molecule has 2 aromatic carbocycles. The topological polar surface area (TPSA) is 87.5 Å². The molecular formula is C31H34N4O2. The molecule has 0 bridgehead atoms. The highest BCUT2D eigenvalue weighted by atomic mass is 16.3. The molecule has 2 aliphatic rings.